The number of amides is 1. The Kier molecular flexibility index (Phi) is 3.65. The zero-order valence-electron chi connectivity index (χ0n) is 9.84. The standard InChI is InChI=1S/C12H7F2N3O3/c13-7-1-2-11(17(19)20)8(5-7)12(18)16-10-3-4-15-6-9(10)14/h1-6H,(H,15,16,18). The number of hydrogen-bond acceptors (Lipinski definition) is 4. The molecule has 102 valence electrons. The number of nitrogens with one attached hydrogen (secondary N) is 1. The Labute approximate surface area is 111 Å². The minimum absolute atomic E-state index is 0.205. The molecule has 0 radical (unpaired) electrons. The molecule has 1 aromatic heterocycles. The second-order valence-electron chi connectivity index (χ2n) is 3.73. The third-order valence-corrected chi connectivity index (χ3v) is 2.42. The zero-order valence-corrected chi connectivity index (χ0v) is 9.84. The molecule has 0 aliphatic heterocycles. The van der Waals surface area contributed by atoms with E-state index in [-0.39, 0.29) is 5.69 Å². The molecule has 0 aliphatic carbocycles. The highest BCUT2D eigenvalue weighted by Gasteiger charge is 2.21. The van der Waals surface area contributed by atoms with E-state index < -0.39 is 33.7 Å². The van der Waals surface area contributed by atoms with Crippen molar-refractivity contribution in [3.8, 4) is 0 Å². The second-order valence-corrected chi connectivity index (χ2v) is 3.73. The number of rotatable bonds is 3. The van der Waals surface area contributed by atoms with Crippen LogP contribution in [0, 0.1) is 21.7 Å². The van der Waals surface area contributed by atoms with Crippen molar-refractivity contribution in [1.29, 1.82) is 0 Å². The SMILES string of the molecule is O=C(Nc1ccncc1F)c1cc(F)ccc1[N+](=O)[O-]. The van der Waals surface area contributed by atoms with Gasteiger partial charge in [0, 0.05) is 12.3 Å². The van der Waals surface area contributed by atoms with Gasteiger partial charge in [-0.3, -0.25) is 19.9 Å². The van der Waals surface area contributed by atoms with Crippen LogP contribution in [0.15, 0.2) is 36.7 Å². The van der Waals surface area contributed by atoms with E-state index in [1.807, 2.05) is 0 Å². The minimum Gasteiger partial charge on any atom is -0.319 e. The van der Waals surface area contributed by atoms with E-state index in [1.54, 1.807) is 0 Å². The van der Waals surface area contributed by atoms with Gasteiger partial charge in [-0.15, -0.1) is 0 Å². The lowest BCUT2D eigenvalue weighted by Crippen LogP contribution is -2.15. The Morgan fingerprint density at radius 3 is 2.70 bits per heavy atom. The van der Waals surface area contributed by atoms with E-state index in [0.29, 0.717) is 6.07 Å². The van der Waals surface area contributed by atoms with Crippen molar-refractivity contribution in [2.24, 2.45) is 0 Å². The van der Waals surface area contributed by atoms with Crippen LogP contribution < -0.4 is 5.32 Å². The van der Waals surface area contributed by atoms with Gasteiger partial charge in [0.25, 0.3) is 11.6 Å². The van der Waals surface area contributed by atoms with Gasteiger partial charge in [-0.25, -0.2) is 8.78 Å². The van der Waals surface area contributed by atoms with Crippen LogP contribution in [0.2, 0.25) is 0 Å². The summed E-state index contributed by atoms with van der Waals surface area (Å²) < 4.78 is 26.4. The van der Waals surface area contributed by atoms with Crippen molar-refractivity contribution in [2.45, 2.75) is 0 Å². The van der Waals surface area contributed by atoms with Gasteiger partial charge in [-0.05, 0) is 18.2 Å². The first-order chi connectivity index (χ1) is 9.49. The highest BCUT2D eigenvalue weighted by Crippen LogP contribution is 2.21. The predicted octanol–water partition coefficient (Wildman–Crippen LogP) is 2.52. The average molecular weight is 279 g/mol. The van der Waals surface area contributed by atoms with Crippen molar-refractivity contribution in [2.75, 3.05) is 5.32 Å². The molecule has 0 fully saturated rings. The molecule has 0 saturated heterocycles. The Hall–Kier alpha value is -2.90. The van der Waals surface area contributed by atoms with Gasteiger partial charge in [0.1, 0.15) is 11.4 Å². The molecule has 1 amide bonds. The maximum atomic E-state index is 13.3. The third kappa shape index (κ3) is 2.74. The summed E-state index contributed by atoms with van der Waals surface area (Å²) in [6, 6.07) is 3.63. The van der Waals surface area contributed by atoms with Crippen LogP contribution in [0.1, 0.15) is 10.4 Å². The lowest BCUT2D eigenvalue weighted by atomic mass is 10.1. The number of pyridine rings is 1. The smallest absolute Gasteiger partial charge is 0.282 e. The summed E-state index contributed by atoms with van der Waals surface area (Å²) in [6.45, 7) is 0. The summed E-state index contributed by atoms with van der Waals surface area (Å²) in [4.78, 5) is 25.3. The highest BCUT2D eigenvalue weighted by atomic mass is 19.1. The number of benzene rings is 1. The summed E-state index contributed by atoms with van der Waals surface area (Å²) >= 11 is 0. The van der Waals surface area contributed by atoms with Gasteiger partial charge in [0.05, 0.1) is 16.8 Å². The van der Waals surface area contributed by atoms with Crippen LogP contribution in [-0.4, -0.2) is 15.8 Å². The molecular formula is C12H7F2N3O3. The Balaban J connectivity index is 2.37. The fourth-order valence-electron chi connectivity index (χ4n) is 1.52. The monoisotopic (exact) mass is 279 g/mol. The number of halogens is 2. The number of carbonyl (C=O) groups is 1. The molecule has 1 heterocycles. The largest absolute Gasteiger partial charge is 0.319 e. The van der Waals surface area contributed by atoms with E-state index in [9.17, 15) is 23.7 Å². The molecule has 1 aromatic carbocycles. The van der Waals surface area contributed by atoms with E-state index in [0.717, 1.165) is 18.3 Å². The molecule has 20 heavy (non-hydrogen) atoms. The zero-order chi connectivity index (χ0) is 14.7. The van der Waals surface area contributed by atoms with Crippen LogP contribution in [0.4, 0.5) is 20.2 Å². The molecule has 2 rings (SSSR count). The van der Waals surface area contributed by atoms with Crippen LogP contribution in [-0.2, 0) is 0 Å². The molecule has 6 nitrogen and oxygen atoms in total. The van der Waals surface area contributed by atoms with Crippen LogP contribution in [0.5, 0.6) is 0 Å². The van der Waals surface area contributed by atoms with Gasteiger partial charge in [-0.2, -0.15) is 0 Å². The average Bonchev–Trinajstić information content (AvgIpc) is 2.40. The summed E-state index contributed by atoms with van der Waals surface area (Å²) in [5.41, 5.74) is -1.27. The molecule has 1 N–H and O–H groups in total. The number of nitro groups is 1. The Morgan fingerprint density at radius 1 is 1.30 bits per heavy atom. The molecule has 0 aliphatic rings. The first-order valence-electron chi connectivity index (χ1n) is 5.34. The van der Waals surface area contributed by atoms with Crippen molar-refractivity contribution >= 4 is 17.3 Å². The molecule has 8 heteroatoms. The number of anilines is 1. The van der Waals surface area contributed by atoms with Gasteiger partial charge in [0.15, 0.2) is 5.82 Å². The van der Waals surface area contributed by atoms with Crippen molar-refractivity contribution in [1.82, 2.24) is 4.98 Å². The van der Waals surface area contributed by atoms with Gasteiger partial charge >= 0.3 is 0 Å². The minimum atomic E-state index is -0.985. The topological polar surface area (TPSA) is 85.1 Å². The lowest BCUT2D eigenvalue weighted by molar-refractivity contribution is -0.385. The summed E-state index contributed by atoms with van der Waals surface area (Å²) in [5.74, 6) is -2.60. The maximum absolute atomic E-state index is 13.3. The van der Waals surface area contributed by atoms with Crippen molar-refractivity contribution in [3.63, 3.8) is 0 Å². The number of aromatic nitrogens is 1. The third-order valence-electron chi connectivity index (χ3n) is 2.42. The summed E-state index contributed by atoms with van der Waals surface area (Å²) in [7, 11) is 0. The molecule has 2 aromatic rings. The maximum Gasteiger partial charge on any atom is 0.282 e. The van der Waals surface area contributed by atoms with Crippen LogP contribution >= 0.6 is 0 Å². The molecule has 0 bridgehead atoms. The number of nitrogens with zero attached hydrogens (tertiary/aromatic N) is 2. The van der Waals surface area contributed by atoms with Gasteiger partial charge < -0.3 is 5.32 Å². The molecule has 0 spiro atoms. The summed E-state index contributed by atoms with van der Waals surface area (Å²) in [6.07, 6.45) is 2.11. The fraction of sp³-hybridized carbons (Fsp3) is 0. The Morgan fingerprint density at radius 2 is 2.05 bits per heavy atom. The lowest BCUT2D eigenvalue weighted by Gasteiger charge is -2.06. The van der Waals surface area contributed by atoms with E-state index >= 15 is 0 Å². The number of carbonyl (C=O) groups excluding carboxylic acids is 1. The predicted molar refractivity (Wildman–Crippen MR) is 65.2 cm³/mol. The van der Waals surface area contributed by atoms with Crippen molar-refractivity contribution < 1.29 is 18.5 Å². The number of hydrogen-bond donors (Lipinski definition) is 1. The van der Waals surface area contributed by atoms with E-state index in [2.05, 4.69) is 10.3 Å². The number of nitro benzene ring substituents is 1. The first-order valence-corrected chi connectivity index (χ1v) is 5.34. The molecule has 0 saturated carbocycles. The normalized spacial score (nSPS) is 10.1. The van der Waals surface area contributed by atoms with E-state index in [4.69, 9.17) is 0 Å². The second kappa shape index (κ2) is 5.39. The fourth-order valence-corrected chi connectivity index (χ4v) is 1.52. The van der Waals surface area contributed by atoms with Crippen molar-refractivity contribution in [3.05, 3.63) is 64.0 Å². The quantitative estimate of drug-likeness (QED) is 0.691. The molecular weight excluding hydrogens is 272 g/mol. The summed E-state index contributed by atoms with van der Waals surface area (Å²) in [5, 5.41) is 12.9. The van der Waals surface area contributed by atoms with Crippen LogP contribution in [0.3, 0.4) is 0 Å². The van der Waals surface area contributed by atoms with Crippen LogP contribution in [0.25, 0.3) is 0 Å². The van der Waals surface area contributed by atoms with E-state index in [1.165, 1.54) is 12.3 Å². The van der Waals surface area contributed by atoms with Gasteiger partial charge in [0.2, 0.25) is 0 Å². The Bertz CT molecular complexity index is 691. The van der Waals surface area contributed by atoms with Gasteiger partial charge in [-0.1, -0.05) is 0 Å². The highest BCUT2D eigenvalue weighted by molar-refractivity contribution is 6.07. The first kappa shape index (κ1) is 13.5. The molecule has 0 atom stereocenters. The molecule has 0 unspecified atom stereocenters.